The number of primary amides is 1. The van der Waals surface area contributed by atoms with Crippen molar-refractivity contribution in [2.24, 2.45) is 5.73 Å². The number of carbonyl (C=O) groups excluding carboxylic acids is 3. The fourth-order valence-electron chi connectivity index (χ4n) is 3.12. The van der Waals surface area contributed by atoms with Gasteiger partial charge in [-0.1, -0.05) is 12.1 Å². The van der Waals surface area contributed by atoms with Crippen LogP contribution in [0.4, 0.5) is 0 Å². The lowest BCUT2D eigenvalue weighted by molar-refractivity contribution is -0.117. The summed E-state index contributed by atoms with van der Waals surface area (Å²) in [6.45, 7) is 1.17. The van der Waals surface area contributed by atoms with Crippen molar-refractivity contribution in [2.45, 2.75) is 6.54 Å². The van der Waals surface area contributed by atoms with Crippen LogP contribution in [-0.2, 0) is 11.3 Å². The maximum absolute atomic E-state index is 12.6. The summed E-state index contributed by atoms with van der Waals surface area (Å²) in [4.78, 5) is 36.8. The Bertz CT molecular complexity index is 1160. The zero-order valence-electron chi connectivity index (χ0n) is 17.1. The van der Waals surface area contributed by atoms with Crippen LogP contribution in [0, 0.1) is 0 Å². The van der Waals surface area contributed by atoms with E-state index in [1.54, 1.807) is 30.3 Å². The molecule has 0 fully saturated rings. The van der Waals surface area contributed by atoms with Crippen molar-refractivity contribution in [3.05, 3.63) is 70.6 Å². The van der Waals surface area contributed by atoms with E-state index in [9.17, 15) is 14.4 Å². The predicted molar refractivity (Wildman–Crippen MR) is 120 cm³/mol. The number of amides is 3. The second kappa shape index (κ2) is 9.52. The topological polar surface area (TPSA) is 120 Å². The monoisotopic (exact) mass is 451 g/mol. The largest absolute Gasteiger partial charge is 0.486 e. The molecule has 2 aromatic carbocycles. The number of thiophene rings is 1. The van der Waals surface area contributed by atoms with Crippen molar-refractivity contribution in [1.82, 2.24) is 10.6 Å². The molecule has 4 rings (SSSR count). The molecule has 1 aromatic heterocycles. The fraction of sp³-hybridized carbons (Fsp3) is 0.174. The standard InChI is InChI=1S/C23H21N3O5S/c24-21(27)13-26-22(28)15-3-1-14(2-4-15)12-25-23(29)20-8-7-19(32-20)16-5-6-17-18(11-16)31-10-9-30-17/h1-8,11H,9-10,12-13H2,(H2,24,27)(H,25,29)(H,26,28). The Morgan fingerprint density at radius 1 is 0.875 bits per heavy atom. The molecule has 3 aromatic rings. The van der Waals surface area contributed by atoms with E-state index < -0.39 is 5.91 Å². The summed E-state index contributed by atoms with van der Waals surface area (Å²) in [7, 11) is 0. The van der Waals surface area contributed by atoms with Gasteiger partial charge in [0, 0.05) is 17.0 Å². The Hall–Kier alpha value is -3.85. The molecule has 0 aliphatic carbocycles. The molecule has 3 amide bonds. The van der Waals surface area contributed by atoms with Crippen LogP contribution in [0.5, 0.6) is 11.5 Å². The molecule has 164 valence electrons. The number of rotatable bonds is 7. The number of nitrogens with one attached hydrogen (secondary N) is 2. The molecule has 0 unspecified atom stereocenters. The number of ether oxygens (including phenoxy) is 2. The van der Waals surface area contributed by atoms with Crippen LogP contribution >= 0.6 is 11.3 Å². The van der Waals surface area contributed by atoms with E-state index in [2.05, 4.69) is 10.6 Å². The molecule has 4 N–H and O–H groups in total. The molecular formula is C23H21N3O5S. The highest BCUT2D eigenvalue weighted by Crippen LogP contribution is 2.36. The Balaban J connectivity index is 1.34. The van der Waals surface area contributed by atoms with Crippen molar-refractivity contribution >= 4 is 29.1 Å². The van der Waals surface area contributed by atoms with Gasteiger partial charge in [0.25, 0.3) is 11.8 Å². The van der Waals surface area contributed by atoms with Gasteiger partial charge in [-0.15, -0.1) is 11.3 Å². The molecule has 32 heavy (non-hydrogen) atoms. The van der Waals surface area contributed by atoms with Gasteiger partial charge in [-0.3, -0.25) is 14.4 Å². The highest BCUT2D eigenvalue weighted by molar-refractivity contribution is 7.17. The third-order valence-electron chi connectivity index (χ3n) is 4.75. The number of benzene rings is 2. The summed E-state index contributed by atoms with van der Waals surface area (Å²) in [5.41, 5.74) is 7.23. The molecule has 0 saturated carbocycles. The van der Waals surface area contributed by atoms with Crippen LogP contribution in [0.1, 0.15) is 25.6 Å². The van der Waals surface area contributed by atoms with E-state index in [-0.39, 0.29) is 18.4 Å². The van der Waals surface area contributed by atoms with Crippen LogP contribution in [0.25, 0.3) is 10.4 Å². The Labute approximate surface area is 188 Å². The van der Waals surface area contributed by atoms with Gasteiger partial charge in [0.05, 0.1) is 11.4 Å². The summed E-state index contributed by atoms with van der Waals surface area (Å²) < 4.78 is 11.2. The first-order valence-electron chi connectivity index (χ1n) is 9.93. The number of fused-ring (bicyclic) bond motifs is 1. The smallest absolute Gasteiger partial charge is 0.261 e. The van der Waals surface area contributed by atoms with E-state index >= 15 is 0 Å². The zero-order valence-corrected chi connectivity index (χ0v) is 17.9. The molecular weight excluding hydrogens is 430 g/mol. The molecule has 0 bridgehead atoms. The first kappa shape index (κ1) is 21.4. The zero-order chi connectivity index (χ0) is 22.5. The maximum Gasteiger partial charge on any atom is 0.261 e. The quantitative estimate of drug-likeness (QED) is 0.509. The van der Waals surface area contributed by atoms with Gasteiger partial charge in [0.2, 0.25) is 5.91 Å². The minimum Gasteiger partial charge on any atom is -0.486 e. The lowest BCUT2D eigenvalue weighted by Crippen LogP contribution is -2.33. The average Bonchev–Trinajstić information content (AvgIpc) is 3.31. The molecule has 0 radical (unpaired) electrons. The molecule has 0 spiro atoms. The Kier molecular flexibility index (Phi) is 6.37. The van der Waals surface area contributed by atoms with Gasteiger partial charge in [-0.25, -0.2) is 0 Å². The fourth-order valence-corrected chi connectivity index (χ4v) is 4.04. The summed E-state index contributed by atoms with van der Waals surface area (Å²) in [5, 5.41) is 5.31. The van der Waals surface area contributed by atoms with Crippen LogP contribution in [-0.4, -0.2) is 37.5 Å². The third kappa shape index (κ3) is 5.06. The molecule has 1 aliphatic heterocycles. The first-order chi connectivity index (χ1) is 15.5. The van der Waals surface area contributed by atoms with Gasteiger partial charge in [0.1, 0.15) is 13.2 Å². The molecule has 0 saturated heterocycles. The SMILES string of the molecule is NC(=O)CNC(=O)c1ccc(CNC(=O)c2ccc(-c3ccc4c(c3)OCCO4)s2)cc1. The maximum atomic E-state index is 12.6. The van der Waals surface area contributed by atoms with E-state index in [0.717, 1.165) is 21.8 Å². The third-order valence-corrected chi connectivity index (χ3v) is 5.88. The Morgan fingerprint density at radius 2 is 1.62 bits per heavy atom. The van der Waals surface area contributed by atoms with E-state index in [0.29, 0.717) is 35.9 Å². The van der Waals surface area contributed by atoms with Crippen molar-refractivity contribution < 1.29 is 23.9 Å². The van der Waals surface area contributed by atoms with Crippen LogP contribution in [0.2, 0.25) is 0 Å². The first-order valence-corrected chi connectivity index (χ1v) is 10.7. The second-order valence-electron chi connectivity index (χ2n) is 7.05. The number of hydrogen-bond acceptors (Lipinski definition) is 6. The summed E-state index contributed by atoms with van der Waals surface area (Å²) in [6.07, 6.45) is 0. The van der Waals surface area contributed by atoms with E-state index in [4.69, 9.17) is 15.2 Å². The van der Waals surface area contributed by atoms with Crippen molar-refractivity contribution in [2.75, 3.05) is 19.8 Å². The molecule has 9 heteroatoms. The highest BCUT2D eigenvalue weighted by Gasteiger charge is 2.15. The second-order valence-corrected chi connectivity index (χ2v) is 8.13. The number of nitrogens with two attached hydrogens (primary N) is 1. The van der Waals surface area contributed by atoms with Gasteiger partial charge >= 0.3 is 0 Å². The average molecular weight is 452 g/mol. The predicted octanol–water partition coefficient (Wildman–Crippen LogP) is 2.33. The molecule has 2 heterocycles. The van der Waals surface area contributed by atoms with Gasteiger partial charge in [-0.2, -0.15) is 0 Å². The normalized spacial score (nSPS) is 12.1. The number of carbonyl (C=O) groups is 3. The van der Waals surface area contributed by atoms with Gasteiger partial charge in [-0.05, 0) is 53.6 Å². The van der Waals surface area contributed by atoms with Gasteiger partial charge < -0.3 is 25.8 Å². The number of hydrogen-bond donors (Lipinski definition) is 3. The molecule has 1 aliphatic rings. The molecule has 8 nitrogen and oxygen atoms in total. The van der Waals surface area contributed by atoms with E-state index in [1.807, 2.05) is 24.3 Å². The minimum absolute atomic E-state index is 0.179. The summed E-state index contributed by atoms with van der Waals surface area (Å²) in [5.74, 6) is 0.265. The summed E-state index contributed by atoms with van der Waals surface area (Å²) in [6, 6.07) is 16.2. The van der Waals surface area contributed by atoms with Crippen LogP contribution < -0.4 is 25.8 Å². The van der Waals surface area contributed by atoms with Crippen LogP contribution in [0.15, 0.2) is 54.6 Å². The lowest BCUT2D eigenvalue weighted by atomic mass is 10.1. The molecule has 0 atom stereocenters. The minimum atomic E-state index is -0.608. The summed E-state index contributed by atoms with van der Waals surface area (Å²) >= 11 is 1.39. The van der Waals surface area contributed by atoms with Crippen molar-refractivity contribution in [3.63, 3.8) is 0 Å². The van der Waals surface area contributed by atoms with E-state index in [1.165, 1.54) is 11.3 Å². The lowest BCUT2D eigenvalue weighted by Gasteiger charge is -2.18. The van der Waals surface area contributed by atoms with Crippen molar-refractivity contribution in [1.29, 1.82) is 0 Å². The Morgan fingerprint density at radius 3 is 2.38 bits per heavy atom. The highest BCUT2D eigenvalue weighted by atomic mass is 32.1. The van der Waals surface area contributed by atoms with Gasteiger partial charge in [0.15, 0.2) is 11.5 Å². The van der Waals surface area contributed by atoms with Crippen LogP contribution in [0.3, 0.4) is 0 Å². The van der Waals surface area contributed by atoms with Crippen molar-refractivity contribution in [3.8, 4) is 21.9 Å².